The van der Waals surface area contributed by atoms with Crippen molar-refractivity contribution in [1.82, 2.24) is 4.98 Å². The molecule has 0 radical (unpaired) electrons. The molecule has 1 aliphatic rings. The van der Waals surface area contributed by atoms with Crippen molar-refractivity contribution in [2.75, 3.05) is 0 Å². The fraction of sp³-hybridized carbons (Fsp3) is 0.267. The topological polar surface area (TPSA) is 38.9 Å². The van der Waals surface area contributed by atoms with Gasteiger partial charge in [-0.05, 0) is 52.0 Å². The van der Waals surface area contributed by atoms with Crippen LogP contribution in [0.1, 0.15) is 23.6 Å². The van der Waals surface area contributed by atoms with E-state index in [1.54, 1.807) is 11.8 Å². The maximum atomic E-state index is 6.42. The Hall–Kier alpha value is -0.840. The van der Waals surface area contributed by atoms with Crippen LogP contribution in [-0.2, 0) is 6.42 Å². The molecule has 0 amide bonds. The monoisotopic (exact) mass is 334 g/mol. The van der Waals surface area contributed by atoms with Crippen molar-refractivity contribution in [3.63, 3.8) is 0 Å². The summed E-state index contributed by atoms with van der Waals surface area (Å²) in [6.45, 7) is 0. The normalized spacial score (nSPS) is 22.0. The van der Waals surface area contributed by atoms with Gasteiger partial charge in [-0.3, -0.25) is 0 Å². The SMILES string of the molecule is NC1c2ccccc2CCC1Sc1ncccc1Br. The van der Waals surface area contributed by atoms with E-state index in [2.05, 4.69) is 45.2 Å². The molecule has 2 N–H and O–H groups in total. The lowest BCUT2D eigenvalue weighted by Crippen LogP contribution is -2.29. The van der Waals surface area contributed by atoms with E-state index in [0.29, 0.717) is 5.25 Å². The summed E-state index contributed by atoms with van der Waals surface area (Å²) >= 11 is 5.33. The summed E-state index contributed by atoms with van der Waals surface area (Å²) in [6.07, 6.45) is 4.03. The number of hydrogen-bond acceptors (Lipinski definition) is 3. The summed E-state index contributed by atoms with van der Waals surface area (Å²) in [5, 5.41) is 1.42. The Morgan fingerprint density at radius 3 is 2.89 bits per heavy atom. The van der Waals surface area contributed by atoms with Crippen molar-refractivity contribution in [3.05, 3.63) is 58.2 Å². The van der Waals surface area contributed by atoms with Gasteiger partial charge in [-0.1, -0.05) is 36.0 Å². The van der Waals surface area contributed by atoms with E-state index in [1.807, 2.05) is 18.3 Å². The first kappa shape index (κ1) is 13.2. The molecule has 1 heterocycles. The molecule has 2 nitrogen and oxygen atoms in total. The lowest BCUT2D eigenvalue weighted by Gasteiger charge is -2.30. The summed E-state index contributed by atoms with van der Waals surface area (Å²) in [5.41, 5.74) is 9.11. The van der Waals surface area contributed by atoms with Gasteiger partial charge in [0.05, 0.1) is 0 Å². The van der Waals surface area contributed by atoms with E-state index in [4.69, 9.17) is 5.73 Å². The second kappa shape index (κ2) is 5.65. The second-order valence-electron chi connectivity index (χ2n) is 4.71. The fourth-order valence-corrected chi connectivity index (χ4v) is 4.15. The number of fused-ring (bicyclic) bond motifs is 1. The number of hydrogen-bond donors (Lipinski definition) is 1. The number of aromatic nitrogens is 1. The molecule has 98 valence electrons. The number of nitrogens with zero attached hydrogens (tertiary/aromatic N) is 1. The van der Waals surface area contributed by atoms with Crippen LogP contribution in [0.2, 0.25) is 0 Å². The zero-order chi connectivity index (χ0) is 13.2. The maximum absolute atomic E-state index is 6.42. The summed E-state index contributed by atoms with van der Waals surface area (Å²) in [6, 6.07) is 12.6. The molecule has 0 aliphatic heterocycles. The van der Waals surface area contributed by atoms with Crippen LogP contribution < -0.4 is 5.73 Å². The van der Waals surface area contributed by atoms with Crippen molar-refractivity contribution < 1.29 is 0 Å². The van der Waals surface area contributed by atoms with Crippen LogP contribution in [0.3, 0.4) is 0 Å². The van der Waals surface area contributed by atoms with Gasteiger partial charge in [0.1, 0.15) is 5.03 Å². The largest absolute Gasteiger partial charge is 0.323 e. The highest BCUT2D eigenvalue weighted by Crippen LogP contribution is 2.39. The maximum Gasteiger partial charge on any atom is 0.110 e. The van der Waals surface area contributed by atoms with E-state index >= 15 is 0 Å². The van der Waals surface area contributed by atoms with E-state index < -0.39 is 0 Å². The van der Waals surface area contributed by atoms with Gasteiger partial charge < -0.3 is 5.73 Å². The van der Waals surface area contributed by atoms with E-state index in [-0.39, 0.29) is 6.04 Å². The molecule has 0 bridgehead atoms. The molecule has 1 aromatic heterocycles. The van der Waals surface area contributed by atoms with Crippen LogP contribution in [0.5, 0.6) is 0 Å². The highest BCUT2D eigenvalue weighted by molar-refractivity contribution is 9.10. The van der Waals surface area contributed by atoms with E-state index in [1.165, 1.54) is 11.1 Å². The Labute approximate surface area is 125 Å². The Balaban J connectivity index is 1.83. The van der Waals surface area contributed by atoms with Gasteiger partial charge in [0.15, 0.2) is 0 Å². The van der Waals surface area contributed by atoms with E-state index in [0.717, 1.165) is 22.3 Å². The number of rotatable bonds is 2. The van der Waals surface area contributed by atoms with Crippen LogP contribution in [0.15, 0.2) is 52.1 Å². The predicted octanol–water partition coefficient (Wildman–Crippen LogP) is 3.95. The highest BCUT2D eigenvalue weighted by atomic mass is 79.9. The zero-order valence-corrected chi connectivity index (χ0v) is 12.8. The molecule has 1 aromatic carbocycles. The van der Waals surface area contributed by atoms with Crippen molar-refractivity contribution in [3.8, 4) is 0 Å². The van der Waals surface area contributed by atoms with Crippen molar-refractivity contribution in [2.45, 2.75) is 29.2 Å². The van der Waals surface area contributed by atoms with Crippen LogP contribution in [0.25, 0.3) is 0 Å². The summed E-state index contributed by atoms with van der Waals surface area (Å²) in [5.74, 6) is 0. The molecule has 3 rings (SSSR count). The van der Waals surface area contributed by atoms with Crippen LogP contribution in [0, 0.1) is 0 Å². The van der Waals surface area contributed by atoms with Crippen molar-refractivity contribution >= 4 is 27.7 Å². The van der Waals surface area contributed by atoms with Gasteiger partial charge in [-0.25, -0.2) is 4.98 Å². The molecule has 2 aromatic rings. The van der Waals surface area contributed by atoms with Gasteiger partial charge >= 0.3 is 0 Å². The number of thioether (sulfide) groups is 1. The molecule has 2 atom stereocenters. The molecule has 0 spiro atoms. The van der Waals surface area contributed by atoms with Gasteiger partial charge in [-0.15, -0.1) is 0 Å². The summed E-state index contributed by atoms with van der Waals surface area (Å²) in [7, 11) is 0. The number of aryl methyl sites for hydroxylation is 1. The first-order valence-corrected chi connectivity index (χ1v) is 8.03. The Morgan fingerprint density at radius 1 is 1.21 bits per heavy atom. The first-order valence-electron chi connectivity index (χ1n) is 6.36. The lowest BCUT2D eigenvalue weighted by molar-refractivity contribution is 0.586. The third-order valence-corrected chi connectivity index (χ3v) is 5.78. The number of halogens is 1. The average molecular weight is 335 g/mol. The molecule has 4 heteroatoms. The molecular formula is C15H15BrN2S. The van der Waals surface area contributed by atoms with Crippen molar-refractivity contribution in [2.24, 2.45) is 5.73 Å². The third-order valence-electron chi connectivity index (χ3n) is 3.50. The number of nitrogens with two attached hydrogens (primary N) is 1. The molecule has 1 aliphatic carbocycles. The van der Waals surface area contributed by atoms with Gasteiger partial charge in [0.25, 0.3) is 0 Å². The Bertz CT molecular complexity index is 588. The number of pyridine rings is 1. The standard InChI is InChI=1S/C15H15BrN2S/c16-12-6-3-9-18-15(12)19-13-8-7-10-4-1-2-5-11(10)14(13)17/h1-6,9,13-14H,7-8,17H2. The third kappa shape index (κ3) is 2.71. The van der Waals surface area contributed by atoms with Gasteiger partial charge in [-0.2, -0.15) is 0 Å². The first-order chi connectivity index (χ1) is 9.25. The number of benzene rings is 1. The van der Waals surface area contributed by atoms with Crippen LogP contribution in [0.4, 0.5) is 0 Å². The Kier molecular flexibility index (Phi) is 3.91. The van der Waals surface area contributed by atoms with Crippen molar-refractivity contribution in [1.29, 1.82) is 0 Å². The second-order valence-corrected chi connectivity index (χ2v) is 6.79. The minimum absolute atomic E-state index is 0.0869. The van der Waals surface area contributed by atoms with Gasteiger partial charge in [0.2, 0.25) is 0 Å². The van der Waals surface area contributed by atoms with Crippen LogP contribution in [-0.4, -0.2) is 10.2 Å². The fourth-order valence-electron chi connectivity index (χ4n) is 2.50. The lowest BCUT2D eigenvalue weighted by atomic mass is 9.88. The molecule has 0 saturated carbocycles. The minimum Gasteiger partial charge on any atom is -0.323 e. The Morgan fingerprint density at radius 2 is 2.05 bits per heavy atom. The highest BCUT2D eigenvalue weighted by Gasteiger charge is 2.27. The molecule has 19 heavy (non-hydrogen) atoms. The minimum atomic E-state index is 0.0869. The molecular weight excluding hydrogens is 320 g/mol. The smallest absolute Gasteiger partial charge is 0.110 e. The average Bonchev–Trinajstić information content (AvgIpc) is 2.44. The van der Waals surface area contributed by atoms with Crippen LogP contribution >= 0.6 is 27.7 Å². The zero-order valence-electron chi connectivity index (χ0n) is 10.4. The summed E-state index contributed by atoms with van der Waals surface area (Å²) in [4.78, 5) is 4.42. The molecule has 0 fully saturated rings. The predicted molar refractivity (Wildman–Crippen MR) is 83.3 cm³/mol. The molecule has 2 unspecified atom stereocenters. The quantitative estimate of drug-likeness (QED) is 0.903. The summed E-state index contributed by atoms with van der Waals surface area (Å²) < 4.78 is 1.05. The van der Waals surface area contributed by atoms with E-state index in [9.17, 15) is 0 Å². The van der Waals surface area contributed by atoms with Gasteiger partial charge in [0, 0.05) is 22.0 Å². The molecule has 0 saturated heterocycles.